The van der Waals surface area contributed by atoms with Crippen molar-refractivity contribution in [3.05, 3.63) is 35.4 Å². The van der Waals surface area contributed by atoms with E-state index in [4.69, 9.17) is 5.73 Å². The molecule has 0 spiro atoms. The summed E-state index contributed by atoms with van der Waals surface area (Å²) in [5.41, 5.74) is 5.04. The van der Waals surface area contributed by atoms with Gasteiger partial charge >= 0.3 is 6.18 Å². The first-order valence-corrected chi connectivity index (χ1v) is 4.43. The first-order chi connectivity index (χ1) is 7.45. The molecule has 1 unspecified atom stereocenters. The summed E-state index contributed by atoms with van der Waals surface area (Å²) in [5.74, 6) is 0. The van der Waals surface area contributed by atoms with Crippen molar-refractivity contribution in [2.45, 2.75) is 12.2 Å². The number of carbonyl (C=O) groups excluding carboxylic acids is 1. The third-order valence-electron chi connectivity index (χ3n) is 1.99. The van der Waals surface area contributed by atoms with Gasteiger partial charge in [-0.1, -0.05) is 12.1 Å². The van der Waals surface area contributed by atoms with Gasteiger partial charge in [0.1, 0.15) is 6.61 Å². The molecule has 17 heavy (non-hydrogen) atoms. The van der Waals surface area contributed by atoms with Crippen LogP contribution < -0.4 is 5.73 Å². The van der Waals surface area contributed by atoms with E-state index in [0.717, 1.165) is 12.1 Å². The van der Waals surface area contributed by atoms with Crippen LogP contribution in [0.1, 0.15) is 17.2 Å². The van der Waals surface area contributed by atoms with Gasteiger partial charge in [-0.15, -0.1) is 12.4 Å². The largest absolute Gasteiger partial charge is 0.466 e. The van der Waals surface area contributed by atoms with Gasteiger partial charge < -0.3 is 10.5 Å². The van der Waals surface area contributed by atoms with Crippen molar-refractivity contribution in [2.24, 2.45) is 5.73 Å². The monoisotopic (exact) mass is 269 g/mol. The molecule has 1 rings (SSSR count). The molecule has 0 aliphatic heterocycles. The molecule has 0 aromatic heterocycles. The summed E-state index contributed by atoms with van der Waals surface area (Å²) in [5, 5.41) is 0. The molecule has 1 atom stereocenters. The molecular formula is C10H11ClF3NO2. The lowest BCUT2D eigenvalue weighted by atomic mass is 10.1. The summed E-state index contributed by atoms with van der Waals surface area (Å²) in [6, 6.07) is 3.86. The number of nitrogens with two attached hydrogens (primary N) is 1. The quantitative estimate of drug-likeness (QED) is 0.854. The predicted octanol–water partition coefficient (Wildman–Crippen LogP) is 2.30. The molecule has 2 N–H and O–H groups in total. The fraction of sp³-hybridized carbons (Fsp3) is 0.300. The van der Waals surface area contributed by atoms with Crippen molar-refractivity contribution in [2.75, 3.05) is 6.61 Å². The minimum atomic E-state index is -4.40. The Labute approximate surface area is 102 Å². The van der Waals surface area contributed by atoms with Crippen LogP contribution in [0.25, 0.3) is 0 Å². The molecule has 0 heterocycles. The number of rotatable bonds is 4. The van der Waals surface area contributed by atoms with E-state index in [9.17, 15) is 18.0 Å². The summed E-state index contributed by atoms with van der Waals surface area (Å²) in [7, 11) is 0. The van der Waals surface area contributed by atoms with Crippen LogP contribution in [0.3, 0.4) is 0 Å². The van der Waals surface area contributed by atoms with E-state index in [1.807, 2.05) is 0 Å². The van der Waals surface area contributed by atoms with Crippen molar-refractivity contribution in [3.8, 4) is 0 Å². The highest BCUT2D eigenvalue weighted by atomic mass is 35.5. The number of ether oxygens (including phenoxy) is 1. The summed E-state index contributed by atoms with van der Waals surface area (Å²) in [4.78, 5) is 9.91. The highest BCUT2D eigenvalue weighted by Gasteiger charge is 2.30. The topological polar surface area (TPSA) is 52.3 Å². The Balaban J connectivity index is 0.00000256. The summed E-state index contributed by atoms with van der Waals surface area (Å²) < 4.78 is 41.5. The van der Waals surface area contributed by atoms with E-state index in [0.29, 0.717) is 0 Å². The summed E-state index contributed by atoms with van der Waals surface area (Å²) in [6.07, 6.45) is -4.40. The van der Waals surface area contributed by atoms with Crippen LogP contribution >= 0.6 is 12.4 Å². The average molecular weight is 270 g/mol. The van der Waals surface area contributed by atoms with E-state index < -0.39 is 17.8 Å². The van der Waals surface area contributed by atoms with Crippen molar-refractivity contribution >= 4 is 18.9 Å². The molecule has 0 amide bonds. The number of hydrogen-bond donors (Lipinski definition) is 1. The molecule has 0 aliphatic rings. The third-order valence-corrected chi connectivity index (χ3v) is 1.99. The van der Waals surface area contributed by atoms with Gasteiger partial charge in [0.15, 0.2) is 0 Å². The molecule has 0 saturated carbocycles. The Morgan fingerprint density at radius 1 is 1.41 bits per heavy atom. The lowest BCUT2D eigenvalue weighted by Gasteiger charge is -2.13. The minimum Gasteiger partial charge on any atom is -0.466 e. The minimum absolute atomic E-state index is 0. The maximum absolute atomic E-state index is 12.4. The fourth-order valence-electron chi connectivity index (χ4n) is 1.18. The molecule has 1 aromatic carbocycles. The van der Waals surface area contributed by atoms with E-state index >= 15 is 0 Å². The van der Waals surface area contributed by atoms with Crippen LogP contribution in [0.15, 0.2) is 24.3 Å². The van der Waals surface area contributed by atoms with Gasteiger partial charge in [0.05, 0.1) is 11.6 Å². The first kappa shape index (κ1) is 15.7. The van der Waals surface area contributed by atoms with Gasteiger partial charge in [-0.3, -0.25) is 4.79 Å². The van der Waals surface area contributed by atoms with Crippen LogP contribution in [0.4, 0.5) is 13.2 Å². The van der Waals surface area contributed by atoms with Gasteiger partial charge in [0.25, 0.3) is 6.47 Å². The average Bonchev–Trinajstić information content (AvgIpc) is 2.25. The second-order valence-corrected chi connectivity index (χ2v) is 3.16. The van der Waals surface area contributed by atoms with Crippen LogP contribution in [-0.2, 0) is 15.7 Å². The van der Waals surface area contributed by atoms with Crippen LogP contribution in [-0.4, -0.2) is 13.1 Å². The Morgan fingerprint density at radius 3 is 2.59 bits per heavy atom. The first-order valence-electron chi connectivity index (χ1n) is 4.43. The SMILES string of the molecule is Cl.NC(COC=O)c1cccc(C(F)(F)F)c1. The number of benzene rings is 1. The van der Waals surface area contributed by atoms with Crippen molar-refractivity contribution < 1.29 is 22.7 Å². The molecule has 3 nitrogen and oxygen atoms in total. The molecular weight excluding hydrogens is 259 g/mol. The zero-order valence-corrected chi connectivity index (χ0v) is 9.42. The summed E-state index contributed by atoms with van der Waals surface area (Å²) in [6.45, 7) is 0.0538. The predicted molar refractivity (Wildman–Crippen MR) is 57.6 cm³/mol. The number of carbonyl (C=O) groups is 1. The van der Waals surface area contributed by atoms with E-state index in [2.05, 4.69) is 4.74 Å². The van der Waals surface area contributed by atoms with Crippen LogP contribution in [0.5, 0.6) is 0 Å². The highest BCUT2D eigenvalue weighted by molar-refractivity contribution is 5.85. The van der Waals surface area contributed by atoms with Gasteiger partial charge in [-0.05, 0) is 17.7 Å². The lowest BCUT2D eigenvalue weighted by Crippen LogP contribution is -2.17. The Hall–Kier alpha value is -1.27. The maximum atomic E-state index is 12.4. The Kier molecular flexibility index (Phi) is 5.98. The lowest BCUT2D eigenvalue weighted by molar-refractivity contribution is -0.137. The van der Waals surface area contributed by atoms with Crippen LogP contribution in [0.2, 0.25) is 0 Å². The van der Waals surface area contributed by atoms with Gasteiger partial charge in [0.2, 0.25) is 0 Å². The standard InChI is InChI=1S/C10H10F3NO2.ClH/c11-10(12,13)8-3-1-2-7(4-8)9(14)5-16-6-15;/h1-4,6,9H,5,14H2;1H. The molecule has 96 valence electrons. The Bertz CT molecular complexity index is 371. The fourth-order valence-corrected chi connectivity index (χ4v) is 1.18. The zero-order chi connectivity index (χ0) is 12.2. The molecule has 1 aromatic rings. The third kappa shape index (κ3) is 4.62. The number of hydrogen-bond acceptors (Lipinski definition) is 3. The van der Waals surface area contributed by atoms with Gasteiger partial charge in [0, 0.05) is 0 Å². The van der Waals surface area contributed by atoms with E-state index in [-0.39, 0.29) is 31.0 Å². The smallest absolute Gasteiger partial charge is 0.416 e. The number of alkyl halides is 3. The number of halogens is 4. The molecule has 0 fully saturated rings. The molecule has 0 saturated heterocycles. The summed E-state index contributed by atoms with van der Waals surface area (Å²) >= 11 is 0. The second kappa shape index (κ2) is 6.46. The van der Waals surface area contributed by atoms with E-state index in [1.54, 1.807) is 0 Å². The van der Waals surface area contributed by atoms with E-state index in [1.165, 1.54) is 12.1 Å². The van der Waals surface area contributed by atoms with Crippen molar-refractivity contribution in [1.29, 1.82) is 0 Å². The van der Waals surface area contributed by atoms with Crippen molar-refractivity contribution in [3.63, 3.8) is 0 Å². The molecule has 0 aliphatic carbocycles. The van der Waals surface area contributed by atoms with Gasteiger partial charge in [-0.25, -0.2) is 0 Å². The second-order valence-electron chi connectivity index (χ2n) is 3.16. The molecule has 0 bridgehead atoms. The molecule has 7 heteroatoms. The van der Waals surface area contributed by atoms with Crippen molar-refractivity contribution in [1.82, 2.24) is 0 Å². The Morgan fingerprint density at radius 2 is 2.06 bits per heavy atom. The maximum Gasteiger partial charge on any atom is 0.416 e. The van der Waals surface area contributed by atoms with Gasteiger partial charge in [-0.2, -0.15) is 13.2 Å². The molecule has 0 radical (unpaired) electrons. The highest BCUT2D eigenvalue weighted by Crippen LogP contribution is 2.30. The normalized spacial score (nSPS) is 12.5. The van der Waals surface area contributed by atoms with Crippen LogP contribution in [0, 0.1) is 0 Å². The zero-order valence-electron chi connectivity index (χ0n) is 8.61.